The van der Waals surface area contributed by atoms with Crippen LogP contribution in [0.3, 0.4) is 0 Å². The molecule has 3 N–H and O–H groups in total. The summed E-state index contributed by atoms with van der Waals surface area (Å²) in [5.41, 5.74) is 6.96. The molecule has 2 aromatic heterocycles. The monoisotopic (exact) mass is 430 g/mol. The molecule has 0 aliphatic heterocycles. The zero-order chi connectivity index (χ0) is 22.1. The maximum Gasteiger partial charge on any atom is 0.338 e. The molecule has 0 unspecified atom stereocenters. The van der Waals surface area contributed by atoms with Gasteiger partial charge in [-0.1, -0.05) is 11.6 Å². The lowest BCUT2D eigenvalue weighted by atomic mass is 10.1. The first-order valence-electron chi connectivity index (χ1n) is 9.37. The Morgan fingerprint density at radius 1 is 1.27 bits per heavy atom. The Morgan fingerprint density at radius 2 is 2.00 bits per heavy atom. The zero-order valence-corrected chi connectivity index (χ0v) is 17.9. The highest BCUT2D eigenvalue weighted by atomic mass is 35.5. The fourth-order valence-corrected chi connectivity index (χ4v) is 3.05. The number of imidazole rings is 1. The van der Waals surface area contributed by atoms with Crippen molar-refractivity contribution in [2.24, 2.45) is 0 Å². The minimum Gasteiger partial charge on any atom is -0.456 e. The van der Waals surface area contributed by atoms with Gasteiger partial charge in [0.2, 0.25) is 0 Å². The first-order valence-corrected chi connectivity index (χ1v) is 9.75. The molecular weight excluding hydrogens is 408 g/mol. The van der Waals surface area contributed by atoms with Crippen molar-refractivity contribution in [3.63, 3.8) is 0 Å². The van der Waals surface area contributed by atoms with Crippen molar-refractivity contribution in [1.82, 2.24) is 24.8 Å². The van der Waals surface area contributed by atoms with Gasteiger partial charge in [0.05, 0.1) is 29.3 Å². The number of aromatic nitrogens is 4. The number of fused-ring (bicyclic) bond motifs is 1. The number of esters is 1. The van der Waals surface area contributed by atoms with Gasteiger partial charge in [0.15, 0.2) is 11.5 Å². The number of nitrogens with zero attached hydrogens (tertiary/aromatic N) is 4. The van der Waals surface area contributed by atoms with E-state index in [-0.39, 0.29) is 23.2 Å². The third kappa shape index (κ3) is 4.68. The minimum absolute atomic E-state index is 0.0112. The molecular formula is C20H23ClN6O3. The molecule has 10 heteroatoms. The first kappa shape index (κ1) is 21.5. The van der Waals surface area contributed by atoms with E-state index < -0.39 is 17.5 Å². The summed E-state index contributed by atoms with van der Waals surface area (Å²) in [5, 5.41) is 2.81. The fourth-order valence-electron chi connectivity index (χ4n) is 2.92. The van der Waals surface area contributed by atoms with Crippen molar-refractivity contribution in [3.05, 3.63) is 46.6 Å². The smallest absolute Gasteiger partial charge is 0.338 e. The summed E-state index contributed by atoms with van der Waals surface area (Å²) in [6.45, 7) is 8.17. The van der Waals surface area contributed by atoms with Gasteiger partial charge in [-0.15, -0.1) is 0 Å². The van der Waals surface area contributed by atoms with E-state index in [0.717, 1.165) is 5.52 Å². The van der Waals surface area contributed by atoms with Crippen molar-refractivity contribution >= 4 is 40.3 Å². The molecule has 0 saturated carbocycles. The number of hydrogen-bond acceptors (Lipinski definition) is 7. The SMILES string of the molecule is CCn1c(CNC(=O)c2nc(Cl)cnc2N)nc2cc(C(=O)OC(C)(C)C)ccc21. The zero-order valence-electron chi connectivity index (χ0n) is 17.2. The molecule has 0 fully saturated rings. The second-order valence-electron chi connectivity index (χ2n) is 7.59. The average Bonchev–Trinajstić information content (AvgIpc) is 3.03. The lowest BCUT2D eigenvalue weighted by Crippen LogP contribution is -2.26. The number of anilines is 1. The number of rotatable bonds is 5. The van der Waals surface area contributed by atoms with Gasteiger partial charge in [-0.25, -0.2) is 19.7 Å². The van der Waals surface area contributed by atoms with Crippen molar-refractivity contribution in [1.29, 1.82) is 0 Å². The highest BCUT2D eigenvalue weighted by molar-refractivity contribution is 6.29. The molecule has 158 valence electrons. The Labute approximate surface area is 178 Å². The molecule has 1 aromatic carbocycles. The number of halogens is 1. The Kier molecular flexibility index (Phi) is 5.93. The molecule has 3 rings (SSSR count). The number of nitrogens with one attached hydrogen (secondary N) is 1. The molecule has 1 amide bonds. The average molecular weight is 431 g/mol. The highest BCUT2D eigenvalue weighted by Crippen LogP contribution is 2.20. The van der Waals surface area contributed by atoms with E-state index in [0.29, 0.717) is 23.4 Å². The number of ether oxygens (including phenoxy) is 1. The summed E-state index contributed by atoms with van der Waals surface area (Å²) in [6.07, 6.45) is 1.27. The largest absolute Gasteiger partial charge is 0.456 e. The number of nitrogens with two attached hydrogens (primary N) is 1. The maximum absolute atomic E-state index is 12.4. The Bertz CT molecular complexity index is 1120. The minimum atomic E-state index is -0.588. The lowest BCUT2D eigenvalue weighted by molar-refractivity contribution is 0.00695. The summed E-state index contributed by atoms with van der Waals surface area (Å²) in [4.78, 5) is 37.1. The van der Waals surface area contributed by atoms with Crippen molar-refractivity contribution in [2.45, 2.75) is 46.4 Å². The van der Waals surface area contributed by atoms with E-state index in [1.165, 1.54) is 6.20 Å². The predicted octanol–water partition coefficient (Wildman–Crippen LogP) is 2.97. The summed E-state index contributed by atoms with van der Waals surface area (Å²) in [5.74, 6) is -0.314. The second-order valence-corrected chi connectivity index (χ2v) is 7.97. The van der Waals surface area contributed by atoms with Gasteiger partial charge in [0, 0.05) is 6.54 Å². The molecule has 0 bridgehead atoms. The first-order chi connectivity index (χ1) is 14.1. The van der Waals surface area contributed by atoms with Gasteiger partial charge in [0.25, 0.3) is 5.91 Å². The Balaban J connectivity index is 1.84. The van der Waals surface area contributed by atoms with Crippen molar-refractivity contribution in [2.75, 3.05) is 5.73 Å². The van der Waals surface area contributed by atoms with Crippen LogP contribution in [0.1, 0.15) is 54.4 Å². The third-order valence-electron chi connectivity index (χ3n) is 4.17. The van der Waals surface area contributed by atoms with E-state index in [1.807, 2.05) is 38.3 Å². The van der Waals surface area contributed by atoms with Crippen LogP contribution in [0.4, 0.5) is 5.82 Å². The van der Waals surface area contributed by atoms with Crippen LogP contribution >= 0.6 is 11.6 Å². The van der Waals surface area contributed by atoms with E-state index >= 15 is 0 Å². The van der Waals surface area contributed by atoms with Gasteiger partial charge in [-0.05, 0) is 45.9 Å². The molecule has 2 heterocycles. The highest BCUT2D eigenvalue weighted by Gasteiger charge is 2.20. The summed E-state index contributed by atoms with van der Waals surface area (Å²) in [6, 6.07) is 5.20. The Hall–Kier alpha value is -3.20. The van der Waals surface area contributed by atoms with Gasteiger partial charge < -0.3 is 20.4 Å². The van der Waals surface area contributed by atoms with Gasteiger partial charge in [0.1, 0.15) is 16.6 Å². The van der Waals surface area contributed by atoms with Crippen molar-refractivity contribution < 1.29 is 14.3 Å². The standard InChI is InChI=1S/C20H23ClN6O3/c1-5-27-13-7-6-11(19(29)30-20(2,3)4)8-12(13)25-15(27)10-24-18(28)16-17(22)23-9-14(21)26-16/h6-9H,5,10H2,1-4H3,(H2,22,23)(H,24,28). The molecule has 0 radical (unpaired) electrons. The number of amides is 1. The molecule has 30 heavy (non-hydrogen) atoms. The van der Waals surface area contributed by atoms with Crippen LogP contribution in [-0.4, -0.2) is 37.0 Å². The predicted molar refractivity (Wildman–Crippen MR) is 113 cm³/mol. The number of carbonyl (C=O) groups excluding carboxylic acids is 2. The molecule has 9 nitrogen and oxygen atoms in total. The summed E-state index contributed by atoms with van der Waals surface area (Å²) >= 11 is 5.80. The quantitative estimate of drug-likeness (QED) is 0.596. The van der Waals surface area contributed by atoms with Gasteiger partial charge in [-0.3, -0.25) is 4.79 Å². The molecule has 0 aliphatic carbocycles. The van der Waals surface area contributed by atoms with Crippen molar-refractivity contribution in [3.8, 4) is 0 Å². The summed E-state index contributed by atoms with van der Waals surface area (Å²) < 4.78 is 7.36. The van der Waals surface area contributed by atoms with E-state index in [4.69, 9.17) is 22.1 Å². The van der Waals surface area contributed by atoms with E-state index in [9.17, 15) is 9.59 Å². The van der Waals surface area contributed by atoms with E-state index in [2.05, 4.69) is 20.3 Å². The third-order valence-corrected chi connectivity index (χ3v) is 4.35. The molecule has 0 aliphatic rings. The van der Waals surface area contributed by atoms with Crippen LogP contribution in [0.5, 0.6) is 0 Å². The lowest BCUT2D eigenvalue weighted by Gasteiger charge is -2.19. The number of hydrogen-bond donors (Lipinski definition) is 2. The van der Waals surface area contributed by atoms with Crippen LogP contribution in [0.25, 0.3) is 11.0 Å². The van der Waals surface area contributed by atoms with Crippen LogP contribution in [-0.2, 0) is 17.8 Å². The van der Waals surface area contributed by atoms with Crippen LogP contribution in [0.2, 0.25) is 5.15 Å². The second kappa shape index (κ2) is 8.27. The molecule has 0 spiro atoms. The van der Waals surface area contributed by atoms with E-state index in [1.54, 1.807) is 12.1 Å². The normalized spacial score (nSPS) is 11.5. The summed E-state index contributed by atoms with van der Waals surface area (Å²) in [7, 11) is 0. The fraction of sp³-hybridized carbons (Fsp3) is 0.350. The molecule has 0 saturated heterocycles. The van der Waals surface area contributed by atoms with Gasteiger partial charge in [-0.2, -0.15) is 0 Å². The van der Waals surface area contributed by atoms with Crippen LogP contribution in [0, 0.1) is 0 Å². The molecule has 0 atom stereocenters. The number of carbonyl (C=O) groups is 2. The maximum atomic E-state index is 12.4. The number of aryl methyl sites for hydroxylation is 1. The Morgan fingerprint density at radius 3 is 2.67 bits per heavy atom. The van der Waals surface area contributed by atoms with Crippen LogP contribution in [0.15, 0.2) is 24.4 Å². The van der Waals surface area contributed by atoms with Crippen LogP contribution < -0.4 is 11.1 Å². The molecule has 3 aromatic rings. The topological polar surface area (TPSA) is 125 Å². The number of benzene rings is 1. The number of nitrogen functional groups attached to an aromatic ring is 1. The van der Waals surface area contributed by atoms with Gasteiger partial charge >= 0.3 is 5.97 Å².